The van der Waals surface area contributed by atoms with Gasteiger partial charge in [0, 0.05) is 63.8 Å². The van der Waals surface area contributed by atoms with Crippen molar-refractivity contribution in [2.45, 2.75) is 38.3 Å². The molecule has 36 heavy (non-hydrogen) atoms. The van der Waals surface area contributed by atoms with Crippen LogP contribution in [-0.2, 0) is 6.54 Å². The Bertz CT molecular complexity index is 1130. The number of pyridine rings is 1. The van der Waals surface area contributed by atoms with Gasteiger partial charge in [-0.15, -0.1) is 0 Å². The number of benzene rings is 1. The van der Waals surface area contributed by atoms with Crippen LogP contribution < -0.4 is 15.0 Å². The molecule has 3 fully saturated rings. The van der Waals surface area contributed by atoms with E-state index in [-0.39, 0.29) is 0 Å². The Morgan fingerprint density at radius 1 is 0.972 bits per heavy atom. The van der Waals surface area contributed by atoms with Gasteiger partial charge in [0.15, 0.2) is 11.4 Å². The first-order valence-electron chi connectivity index (χ1n) is 13.7. The molecule has 192 valence electrons. The minimum atomic E-state index is 0.546. The van der Waals surface area contributed by atoms with Crippen LogP contribution in [0.2, 0.25) is 0 Å². The minimum Gasteiger partial charge on any atom is -0.477 e. The first kappa shape index (κ1) is 23.7. The molecule has 8 nitrogen and oxygen atoms in total. The molecule has 1 N–H and O–H groups in total. The van der Waals surface area contributed by atoms with Crippen molar-refractivity contribution in [1.82, 2.24) is 25.3 Å². The molecule has 2 aromatic heterocycles. The van der Waals surface area contributed by atoms with E-state index in [9.17, 15) is 0 Å². The van der Waals surface area contributed by atoms with E-state index in [1.54, 1.807) is 0 Å². The molecular weight excluding hydrogens is 452 g/mol. The smallest absolute Gasteiger partial charge is 0.213 e. The highest BCUT2D eigenvalue weighted by atomic mass is 16.5. The maximum Gasteiger partial charge on any atom is 0.213 e. The molecule has 1 aromatic carbocycles. The second-order valence-corrected chi connectivity index (χ2v) is 10.5. The van der Waals surface area contributed by atoms with Crippen molar-refractivity contribution < 1.29 is 9.26 Å². The molecule has 3 aliphatic heterocycles. The van der Waals surface area contributed by atoms with Crippen molar-refractivity contribution in [1.29, 1.82) is 0 Å². The molecule has 0 amide bonds. The number of hydrogen-bond acceptors (Lipinski definition) is 8. The minimum absolute atomic E-state index is 0.546. The second-order valence-electron chi connectivity index (χ2n) is 10.5. The van der Waals surface area contributed by atoms with Crippen LogP contribution in [0.4, 0.5) is 5.82 Å². The van der Waals surface area contributed by atoms with Crippen LogP contribution in [0, 0.1) is 5.92 Å². The first-order chi connectivity index (χ1) is 17.8. The summed E-state index contributed by atoms with van der Waals surface area (Å²) in [5.41, 5.74) is 1.92. The van der Waals surface area contributed by atoms with Gasteiger partial charge < -0.3 is 24.4 Å². The maximum atomic E-state index is 6.18. The van der Waals surface area contributed by atoms with Crippen molar-refractivity contribution in [3.05, 3.63) is 48.2 Å². The summed E-state index contributed by atoms with van der Waals surface area (Å²) in [6.45, 7) is 10.3. The molecule has 0 spiro atoms. The monoisotopic (exact) mass is 490 g/mol. The molecule has 5 heterocycles. The SMILES string of the molecule is c1cc(CNCCN2CCCC2)nc(OC[C@@H]2CC[C@H]3CN(c4noc5ccccc45)CCN3C2)c1. The van der Waals surface area contributed by atoms with E-state index in [4.69, 9.17) is 14.2 Å². The predicted octanol–water partition coefficient (Wildman–Crippen LogP) is 3.39. The Labute approximate surface area is 213 Å². The van der Waals surface area contributed by atoms with E-state index in [0.717, 1.165) is 80.8 Å². The van der Waals surface area contributed by atoms with Crippen LogP contribution in [-0.4, -0.2) is 84.9 Å². The van der Waals surface area contributed by atoms with Gasteiger partial charge in [0.25, 0.3) is 0 Å². The normalized spacial score (nSPS) is 23.3. The summed E-state index contributed by atoms with van der Waals surface area (Å²) in [7, 11) is 0. The number of nitrogens with zero attached hydrogens (tertiary/aromatic N) is 5. The van der Waals surface area contributed by atoms with E-state index in [1.807, 2.05) is 18.2 Å². The zero-order valence-corrected chi connectivity index (χ0v) is 21.1. The Kier molecular flexibility index (Phi) is 7.34. The lowest BCUT2D eigenvalue weighted by Gasteiger charge is -2.46. The number of anilines is 1. The largest absolute Gasteiger partial charge is 0.477 e. The maximum absolute atomic E-state index is 6.18. The number of piperazine rings is 1. The number of para-hydroxylation sites is 1. The summed E-state index contributed by atoms with van der Waals surface area (Å²) in [4.78, 5) is 12.3. The molecular formula is C28H38N6O2. The fraction of sp³-hybridized carbons (Fsp3) is 0.571. The standard InChI is InChI=1S/C28H38N6O2/c1-2-8-26-25(7-1)28(31-36-26)34-17-16-33-19-22(10-11-24(33)20-34)21-35-27-9-5-6-23(30-27)18-29-12-15-32-13-3-4-14-32/h1-2,5-9,22,24,29H,3-4,10-21H2/t22-,24+/m1/s1. The summed E-state index contributed by atoms with van der Waals surface area (Å²) < 4.78 is 11.7. The highest BCUT2D eigenvalue weighted by molar-refractivity contribution is 5.88. The quantitative estimate of drug-likeness (QED) is 0.458. The van der Waals surface area contributed by atoms with Gasteiger partial charge in [-0.3, -0.25) is 4.90 Å². The molecule has 0 saturated carbocycles. The summed E-state index contributed by atoms with van der Waals surface area (Å²) >= 11 is 0. The third-order valence-electron chi connectivity index (χ3n) is 8.02. The van der Waals surface area contributed by atoms with Crippen LogP contribution >= 0.6 is 0 Å². The zero-order valence-electron chi connectivity index (χ0n) is 21.1. The molecule has 0 unspecified atom stereocenters. The van der Waals surface area contributed by atoms with E-state index in [2.05, 4.69) is 49.4 Å². The molecule has 3 aromatic rings. The molecule has 6 rings (SSSR count). The average Bonchev–Trinajstić information content (AvgIpc) is 3.60. The third-order valence-corrected chi connectivity index (χ3v) is 8.02. The highest BCUT2D eigenvalue weighted by Gasteiger charge is 2.34. The third kappa shape index (κ3) is 5.51. The molecule has 0 bridgehead atoms. The topological polar surface area (TPSA) is 69.9 Å². The van der Waals surface area contributed by atoms with Crippen LogP contribution in [0.1, 0.15) is 31.4 Å². The Morgan fingerprint density at radius 2 is 1.89 bits per heavy atom. The number of fused-ring (bicyclic) bond motifs is 2. The van der Waals surface area contributed by atoms with E-state index < -0.39 is 0 Å². The molecule has 0 radical (unpaired) electrons. The van der Waals surface area contributed by atoms with Gasteiger partial charge in [-0.2, -0.15) is 0 Å². The van der Waals surface area contributed by atoms with Crippen LogP contribution in [0.25, 0.3) is 11.0 Å². The molecule has 2 atom stereocenters. The summed E-state index contributed by atoms with van der Waals surface area (Å²) in [6.07, 6.45) is 5.07. The van der Waals surface area contributed by atoms with Crippen molar-refractivity contribution >= 4 is 16.8 Å². The Hall–Kier alpha value is -2.68. The molecule has 0 aliphatic carbocycles. The van der Waals surface area contributed by atoms with Crippen molar-refractivity contribution in [3.8, 4) is 5.88 Å². The summed E-state index contributed by atoms with van der Waals surface area (Å²) in [6, 6.07) is 14.8. The van der Waals surface area contributed by atoms with Gasteiger partial charge in [-0.25, -0.2) is 4.98 Å². The number of piperidine rings is 1. The fourth-order valence-electron chi connectivity index (χ4n) is 5.99. The van der Waals surface area contributed by atoms with Gasteiger partial charge in [0.1, 0.15) is 0 Å². The number of hydrogen-bond donors (Lipinski definition) is 1. The van der Waals surface area contributed by atoms with Crippen molar-refractivity contribution in [3.63, 3.8) is 0 Å². The zero-order chi connectivity index (χ0) is 24.2. The number of likely N-dealkylation sites (tertiary alicyclic amines) is 1. The van der Waals surface area contributed by atoms with E-state index in [1.165, 1.54) is 38.8 Å². The predicted molar refractivity (Wildman–Crippen MR) is 141 cm³/mol. The van der Waals surface area contributed by atoms with Gasteiger partial charge in [-0.05, 0) is 57.0 Å². The van der Waals surface area contributed by atoms with E-state index in [0.29, 0.717) is 12.0 Å². The lowest BCUT2D eigenvalue weighted by atomic mass is 9.91. The van der Waals surface area contributed by atoms with Crippen LogP contribution in [0.3, 0.4) is 0 Å². The van der Waals surface area contributed by atoms with Crippen LogP contribution in [0.15, 0.2) is 47.0 Å². The van der Waals surface area contributed by atoms with Gasteiger partial charge in [0.05, 0.1) is 17.7 Å². The van der Waals surface area contributed by atoms with E-state index >= 15 is 0 Å². The van der Waals surface area contributed by atoms with Crippen molar-refractivity contribution in [2.24, 2.45) is 5.92 Å². The fourth-order valence-corrected chi connectivity index (χ4v) is 5.99. The summed E-state index contributed by atoms with van der Waals surface area (Å²) in [5, 5.41) is 9.03. The van der Waals surface area contributed by atoms with Gasteiger partial charge in [-0.1, -0.05) is 23.4 Å². The number of aromatic nitrogens is 2. The molecule has 3 saturated heterocycles. The van der Waals surface area contributed by atoms with Crippen molar-refractivity contribution in [2.75, 3.05) is 63.9 Å². The summed E-state index contributed by atoms with van der Waals surface area (Å²) in [5.74, 6) is 2.29. The molecule has 3 aliphatic rings. The Balaban J connectivity index is 0.955. The Morgan fingerprint density at radius 3 is 2.83 bits per heavy atom. The number of rotatable bonds is 9. The van der Waals surface area contributed by atoms with Gasteiger partial charge >= 0.3 is 0 Å². The average molecular weight is 491 g/mol. The second kappa shape index (κ2) is 11.2. The number of nitrogens with one attached hydrogen (secondary N) is 1. The molecule has 8 heteroatoms. The van der Waals surface area contributed by atoms with Crippen LogP contribution in [0.5, 0.6) is 5.88 Å². The lowest BCUT2D eigenvalue weighted by Crippen LogP contribution is -2.57. The number of ether oxygens (including phenoxy) is 1. The highest BCUT2D eigenvalue weighted by Crippen LogP contribution is 2.31. The first-order valence-corrected chi connectivity index (χ1v) is 13.7. The van der Waals surface area contributed by atoms with Gasteiger partial charge in [0.2, 0.25) is 5.88 Å². The lowest BCUT2D eigenvalue weighted by molar-refractivity contribution is 0.0716.